The summed E-state index contributed by atoms with van der Waals surface area (Å²) < 4.78 is 0. The molecule has 1 unspecified atom stereocenters. The largest absolute Gasteiger partial charge is 0.395 e. The monoisotopic (exact) mass is 387 g/mol. The van der Waals surface area contributed by atoms with Gasteiger partial charge in [-0.2, -0.15) is 5.26 Å². The highest BCUT2D eigenvalue weighted by Crippen LogP contribution is 2.32. The highest BCUT2D eigenvalue weighted by molar-refractivity contribution is 5.84. The number of unbranched alkanes of at least 4 members (excludes halogenated alkanes) is 1. The van der Waals surface area contributed by atoms with E-state index in [9.17, 15) is 5.11 Å². The molecule has 0 spiro atoms. The number of piperidine rings is 1. The molecule has 0 radical (unpaired) electrons. The van der Waals surface area contributed by atoms with E-state index < -0.39 is 0 Å². The van der Waals surface area contributed by atoms with Crippen LogP contribution in [0, 0.1) is 11.3 Å². The Hall–Kier alpha value is -2.61. The van der Waals surface area contributed by atoms with Gasteiger partial charge in [-0.05, 0) is 74.5 Å². The number of nitrogens with one attached hydrogen (secondary N) is 1. The molecule has 150 valence electrons. The minimum absolute atomic E-state index is 0.220. The third kappa shape index (κ3) is 4.37. The molecule has 1 fully saturated rings. The number of aromatic nitrogens is 1. The van der Waals surface area contributed by atoms with Crippen molar-refractivity contribution in [3.05, 3.63) is 71.4 Å². The lowest BCUT2D eigenvalue weighted by Gasteiger charge is -2.41. The maximum absolute atomic E-state index is 10.1. The van der Waals surface area contributed by atoms with E-state index in [0.29, 0.717) is 11.5 Å². The van der Waals surface area contributed by atoms with Gasteiger partial charge in [0.1, 0.15) is 0 Å². The molecule has 2 aromatic carbocycles. The van der Waals surface area contributed by atoms with Crippen molar-refractivity contribution in [2.24, 2.45) is 0 Å². The average molecular weight is 388 g/mol. The van der Waals surface area contributed by atoms with E-state index in [4.69, 9.17) is 5.26 Å². The van der Waals surface area contributed by atoms with Crippen LogP contribution in [0.1, 0.15) is 48.3 Å². The minimum Gasteiger partial charge on any atom is -0.395 e. The van der Waals surface area contributed by atoms with E-state index in [0.717, 1.165) is 44.3 Å². The van der Waals surface area contributed by atoms with Crippen molar-refractivity contribution in [1.82, 2.24) is 9.88 Å². The minimum atomic E-state index is 0.220. The Morgan fingerprint density at radius 2 is 2.00 bits per heavy atom. The number of aromatic amines is 1. The van der Waals surface area contributed by atoms with E-state index in [1.54, 1.807) is 0 Å². The van der Waals surface area contributed by atoms with Crippen LogP contribution in [-0.4, -0.2) is 40.7 Å². The van der Waals surface area contributed by atoms with Crippen LogP contribution >= 0.6 is 0 Å². The molecule has 1 saturated heterocycles. The van der Waals surface area contributed by atoms with Gasteiger partial charge in [0.15, 0.2) is 0 Å². The summed E-state index contributed by atoms with van der Waals surface area (Å²) in [7, 11) is 0. The first-order chi connectivity index (χ1) is 14.3. The van der Waals surface area contributed by atoms with Crippen molar-refractivity contribution < 1.29 is 5.11 Å². The number of aliphatic hydroxyl groups excluding tert-OH is 1. The smallest absolute Gasteiger partial charge is 0.0991 e. The van der Waals surface area contributed by atoms with Crippen LogP contribution in [0.15, 0.2) is 54.7 Å². The molecule has 0 saturated carbocycles. The van der Waals surface area contributed by atoms with Crippen LogP contribution in [0.25, 0.3) is 10.9 Å². The van der Waals surface area contributed by atoms with Crippen LogP contribution in [0.2, 0.25) is 0 Å². The number of hydrogen-bond acceptors (Lipinski definition) is 3. The van der Waals surface area contributed by atoms with Gasteiger partial charge in [0.25, 0.3) is 0 Å². The first kappa shape index (κ1) is 19.7. The van der Waals surface area contributed by atoms with Gasteiger partial charge in [-0.25, -0.2) is 0 Å². The third-order valence-electron chi connectivity index (χ3n) is 6.35. The zero-order valence-electron chi connectivity index (χ0n) is 16.8. The van der Waals surface area contributed by atoms with Crippen molar-refractivity contribution >= 4 is 10.9 Å². The third-order valence-corrected chi connectivity index (χ3v) is 6.35. The number of aryl methyl sites for hydroxylation is 1. The maximum atomic E-state index is 10.1. The molecule has 0 amide bonds. The van der Waals surface area contributed by atoms with Gasteiger partial charge < -0.3 is 10.1 Å². The summed E-state index contributed by atoms with van der Waals surface area (Å²) in [6, 6.07) is 18.9. The molecular formula is C25H29N3O. The Morgan fingerprint density at radius 1 is 1.14 bits per heavy atom. The van der Waals surface area contributed by atoms with Crippen molar-refractivity contribution in [2.45, 2.75) is 44.1 Å². The second kappa shape index (κ2) is 9.26. The molecule has 4 heteroatoms. The van der Waals surface area contributed by atoms with Gasteiger partial charge in [-0.3, -0.25) is 4.90 Å². The molecule has 1 aliphatic heterocycles. The molecule has 2 N–H and O–H groups in total. The molecular weight excluding hydrogens is 358 g/mol. The highest BCUT2D eigenvalue weighted by Gasteiger charge is 2.31. The second-order valence-corrected chi connectivity index (χ2v) is 8.09. The zero-order chi connectivity index (χ0) is 20.1. The first-order valence-corrected chi connectivity index (χ1v) is 10.7. The number of fused-ring (bicyclic) bond motifs is 1. The molecule has 0 bridgehead atoms. The van der Waals surface area contributed by atoms with Crippen LogP contribution < -0.4 is 0 Å². The molecule has 4 nitrogen and oxygen atoms in total. The quantitative estimate of drug-likeness (QED) is 0.582. The number of rotatable bonds is 7. The van der Waals surface area contributed by atoms with Gasteiger partial charge in [-0.15, -0.1) is 0 Å². The number of hydrogen-bond donors (Lipinski definition) is 2. The van der Waals surface area contributed by atoms with Gasteiger partial charge in [-0.1, -0.05) is 30.3 Å². The van der Waals surface area contributed by atoms with Gasteiger partial charge >= 0.3 is 0 Å². The lowest BCUT2D eigenvalue weighted by molar-refractivity contribution is 0.0717. The summed E-state index contributed by atoms with van der Waals surface area (Å²) in [4.78, 5) is 5.81. The Bertz CT molecular complexity index is 973. The summed E-state index contributed by atoms with van der Waals surface area (Å²) in [5.41, 5.74) is 4.45. The molecule has 29 heavy (non-hydrogen) atoms. The number of benzene rings is 2. The summed E-state index contributed by atoms with van der Waals surface area (Å²) in [5, 5.41) is 20.4. The average Bonchev–Trinajstić information content (AvgIpc) is 3.19. The fraction of sp³-hybridized carbons (Fsp3) is 0.400. The van der Waals surface area contributed by atoms with E-state index in [1.165, 1.54) is 22.9 Å². The van der Waals surface area contributed by atoms with Gasteiger partial charge in [0.2, 0.25) is 0 Å². The topological polar surface area (TPSA) is 63.0 Å². The van der Waals surface area contributed by atoms with Crippen LogP contribution in [0.5, 0.6) is 0 Å². The summed E-state index contributed by atoms with van der Waals surface area (Å²) in [6.45, 7) is 2.33. The summed E-state index contributed by atoms with van der Waals surface area (Å²) >= 11 is 0. The van der Waals surface area contributed by atoms with Crippen molar-refractivity contribution in [3.8, 4) is 6.07 Å². The van der Waals surface area contributed by atoms with Gasteiger partial charge in [0.05, 0.1) is 18.2 Å². The number of likely N-dealkylation sites (tertiary alicyclic amines) is 1. The van der Waals surface area contributed by atoms with Crippen LogP contribution in [-0.2, 0) is 6.42 Å². The second-order valence-electron chi connectivity index (χ2n) is 8.09. The van der Waals surface area contributed by atoms with E-state index in [-0.39, 0.29) is 12.6 Å². The summed E-state index contributed by atoms with van der Waals surface area (Å²) in [6.07, 6.45) is 7.65. The van der Waals surface area contributed by atoms with E-state index >= 15 is 0 Å². The van der Waals surface area contributed by atoms with E-state index in [2.05, 4.69) is 52.5 Å². The lowest BCUT2D eigenvalue weighted by Crippen LogP contribution is -2.46. The normalized spacial score (nSPS) is 20.0. The standard InChI is InChI=1S/C25H29N3O/c26-16-19-11-12-24-23(15-19)21(17-27-24)9-4-5-13-28-14-6-10-22(25(28)18-29)20-7-2-1-3-8-20/h1-3,7-8,11-12,15,17,22,25,27,29H,4-6,9-10,13-14,18H2/t22-,25?/m0/s1. The predicted octanol–water partition coefficient (Wildman–Crippen LogP) is 4.60. The van der Waals surface area contributed by atoms with Crippen molar-refractivity contribution in [1.29, 1.82) is 5.26 Å². The van der Waals surface area contributed by atoms with Crippen molar-refractivity contribution in [3.63, 3.8) is 0 Å². The molecule has 3 aromatic rings. The highest BCUT2D eigenvalue weighted by atomic mass is 16.3. The van der Waals surface area contributed by atoms with Crippen LogP contribution in [0.4, 0.5) is 0 Å². The van der Waals surface area contributed by atoms with Crippen molar-refractivity contribution in [2.75, 3.05) is 19.7 Å². The number of aliphatic hydroxyl groups is 1. The lowest BCUT2D eigenvalue weighted by atomic mass is 9.83. The Morgan fingerprint density at radius 3 is 2.79 bits per heavy atom. The molecule has 4 rings (SSSR count). The fourth-order valence-corrected chi connectivity index (χ4v) is 4.82. The van der Waals surface area contributed by atoms with Gasteiger partial charge in [0, 0.05) is 29.1 Å². The molecule has 1 aliphatic rings. The Kier molecular flexibility index (Phi) is 6.29. The number of H-pyrrole nitrogens is 1. The number of nitrogens with zero attached hydrogens (tertiary/aromatic N) is 2. The Balaban J connectivity index is 1.35. The molecule has 2 atom stereocenters. The fourth-order valence-electron chi connectivity index (χ4n) is 4.82. The molecule has 0 aliphatic carbocycles. The van der Waals surface area contributed by atoms with E-state index in [1.807, 2.05) is 18.2 Å². The molecule has 2 heterocycles. The Labute approximate surface area is 172 Å². The number of nitriles is 1. The zero-order valence-corrected chi connectivity index (χ0v) is 16.8. The first-order valence-electron chi connectivity index (χ1n) is 10.7. The van der Waals surface area contributed by atoms with Crippen LogP contribution in [0.3, 0.4) is 0 Å². The maximum Gasteiger partial charge on any atom is 0.0991 e. The molecule has 1 aromatic heterocycles. The SMILES string of the molecule is N#Cc1ccc2[nH]cc(CCCCN3CCC[C@@H](c4ccccc4)C3CO)c2c1. The predicted molar refractivity (Wildman–Crippen MR) is 117 cm³/mol. The summed E-state index contributed by atoms with van der Waals surface area (Å²) in [5.74, 6) is 0.424.